The maximum absolute atomic E-state index is 3.72. The summed E-state index contributed by atoms with van der Waals surface area (Å²) in [6.07, 6.45) is 5.09. The summed E-state index contributed by atoms with van der Waals surface area (Å²) in [5.41, 5.74) is 2.90. The lowest BCUT2D eigenvalue weighted by atomic mass is 9.87. The molecule has 0 saturated heterocycles. The fourth-order valence-electron chi connectivity index (χ4n) is 3.24. The topological polar surface area (TPSA) is 27.3 Å². The van der Waals surface area contributed by atoms with Gasteiger partial charge in [-0.05, 0) is 62.9 Å². The fraction of sp³-hybridized carbons (Fsp3) is 0.700. The van der Waals surface area contributed by atoms with Crippen LogP contribution >= 0.6 is 0 Å². The molecule has 0 aliphatic heterocycles. The van der Waals surface area contributed by atoms with Crippen molar-refractivity contribution in [1.82, 2.24) is 10.2 Å². The summed E-state index contributed by atoms with van der Waals surface area (Å²) in [7, 11) is 4.26. The van der Waals surface area contributed by atoms with E-state index in [0.29, 0.717) is 12.1 Å². The van der Waals surface area contributed by atoms with Crippen LogP contribution in [0.1, 0.15) is 52.0 Å². The van der Waals surface area contributed by atoms with Crippen LogP contribution in [-0.4, -0.2) is 44.2 Å². The van der Waals surface area contributed by atoms with Crippen LogP contribution in [0.15, 0.2) is 24.3 Å². The molecule has 130 valence electrons. The first-order valence-corrected chi connectivity index (χ1v) is 9.10. The van der Waals surface area contributed by atoms with E-state index in [1.807, 2.05) is 0 Å². The Morgan fingerprint density at radius 3 is 2.04 bits per heavy atom. The number of nitrogens with one attached hydrogen (secondary N) is 2. The van der Waals surface area contributed by atoms with E-state index in [1.54, 1.807) is 0 Å². The highest BCUT2D eigenvalue weighted by Gasteiger charge is 2.20. The Balaban J connectivity index is 1.74. The van der Waals surface area contributed by atoms with Crippen LogP contribution in [0.5, 0.6) is 0 Å². The smallest absolute Gasteiger partial charge is 0.0342 e. The van der Waals surface area contributed by atoms with E-state index in [4.69, 9.17) is 0 Å². The Labute approximate surface area is 142 Å². The van der Waals surface area contributed by atoms with Gasteiger partial charge in [0.25, 0.3) is 0 Å². The first-order chi connectivity index (χ1) is 10.8. The van der Waals surface area contributed by atoms with Crippen molar-refractivity contribution in [3.8, 4) is 0 Å². The zero-order valence-electron chi connectivity index (χ0n) is 15.7. The lowest BCUT2D eigenvalue weighted by Crippen LogP contribution is -2.39. The molecule has 1 aromatic rings. The summed E-state index contributed by atoms with van der Waals surface area (Å²) in [5, 5.41) is 7.41. The molecule has 1 aromatic carbocycles. The molecule has 3 heteroatoms. The Morgan fingerprint density at radius 2 is 1.52 bits per heavy atom. The van der Waals surface area contributed by atoms with Crippen molar-refractivity contribution >= 4 is 5.69 Å². The zero-order chi connectivity index (χ0) is 16.9. The molecule has 1 fully saturated rings. The average molecular weight is 318 g/mol. The van der Waals surface area contributed by atoms with Crippen LogP contribution in [0.25, 0.3) is 0 Å². The quantitative estimate of drug-likeness (QED) is 0.834. The zero-order valence-corrected chi connectivity index (χ0v) is 15.7. The normalized spacial score (nSPS) is 22.3. The third kappa shape index (κ3) is 6.15. The highest BCUT2D eigenvalue weighted by molar-refractivity contribution is 5.46. The second kappa shape index (κ2) is 8.16. The molecule has 0 amide bonds. The molecule has 0 spiro atoms. The van der Waals surface area contributed by atoms with Crippen molar-refractivity contribution in [2.45, 2.75) is 64.0 Å². The van der Waals surface area contributed by atoms with Gasteiger partial charge >= 0.3 is 0 Å². The monoisotopic (exact) mass is 317 g/mol. The Kier molecular flexibility index (Phi) is 6.49. The van der Waals surface area contributed by atoms with Crippen LogP contribution in [0.4, 0.5) is 5.69 Å². The van der Waals surface area contributed by atoms with Gasteiger partial charge in [-0.2, -0.15) is 0 Å². The lowest BCUT2D eigenvalue weighted by Gasteiger charge is -2.31. The van der Waals surface area contributed by atoms with E-state index in [9.17, 15) is 0 Å². The van der Waals surface area contributed by atoms with E-state index >= 15 is 0 Å². The average Bonchev–Trinajstić information content (AvgIpc) is 2.48. The number of hydrogen-bond donors (Lipinski definition) is 2. The Bertz CT molecular complexity index is 451. The van der Waals surface area contributed by atoms with Crippen molar-refractivity contribution < 1.29 is 0 Å². The van der Waals surface area contributed by atoms with Gasteiger partial charge in [-0.3, -0.25) is 0 Å². The van der Waals surface area contributed by atoms with Crippen LogP contribution in [0, 0.1) is 0 Å². The molecule has 0 bridgehead atoms. The van der Waals surface area contributed by atoms with Gasteiger partial charge in [0.05, 0.1) is 0 Å². The maximum Gasteiger partial charge on any atom is 0.0342 e. The van der Waals surface area contributed by atoms with Crippen LogP contribution < -0.4 is 10.6 Å². The molecule has 0 atom stereocenters. The van der Waals surface area contributed by atoms with Gasteiger partial charge in [0, 0.05) is 30.9 Å². The predicted octanol–water partition coefficient (Wildman–Crippen LogP) is 3.86. The predicted molar refractivity (Wildman–Crippen MR) is 101 cm³/mol. The van der Waals surface area contributed by atoms with Gasteiger partial charge < -0.3 is 15.5 Å². The molecule has 1 aliphatic carbocycles. The number of nitrogens with zero attached hydrogens (tertiary/aromatic N) is 1. The number of hydrogen-bond acceptors (Lipinski definition) is 3. The minimum atomic E-state index is 0.231. The highest BCUT2D eigenvalue weighted by atomic mass is 15.1. The van der Waals surface area contributed by atoms with Gasteiger partial charge in [-0.25, -0.2) is 0 Å². The molecule has 1 aliphatic rings. The van der Waals surface area contributed by atoms with Crippen LogP contribution in [0.2, 0.25) is 0 Å². The first-order valence-electron chi connectivity index (χ1n) is 9.10. The van der Waals surface area contributed by atoms with Gasteiger partial charge in [0.1, 0.15) is 0 Å². The molecular formula is C20H35N3. The SMILES string of the molecule is CN(C)CCNC1CCC(Nc2ccc(C(C)(C)C)cc2)CC1. The summed E-state index contributed by atoms with van der Waals surface area (Å²) >= 11 is 0. The second-order valence-electron chi connectivity index (χ2n) is 8.28. The molecule has 0 heterocycles. The first kappa shape index (κ1) is 18.3. The lowest BCUT2D eigenvalue weighted by molar-refractivity contribution is 0.329. The summed E-state index contributed by atoms with van der Waals surface area (Å²) in [6.45, 7) is 9.02. The number of anilines is 1. The number of likely N-dealkylation sites (N-methyl/N-ethyl adjacent to an activating group) is 1. The van der Waals surface area contributed by atoms with Crippen molar-refractivity contribution in [3.63, 3.8) is 0 Å². The fourth-order valence-corrected chi connectivity index (χ4v) is 3.24. The summed E-state index contributed by atoms with van der Waals surface area (Å²) in [4.78, 5) is 2.24. The molecule has 3 nitrogen and oxygen atoms in total. The highest BCUT2D eigenvalue weighted by Crippen LogP contribution is 2.26. The van der Waals surface area contributed by atoms with Crippen molar-refractivity contribution in [2.75, 3.05) is 32.5 Å². The molecule has 0 aromatic heterocycles. The van der Waals surface area contributed by atoms with E-state index in [0.717, 1.165) is 13.1 Å². The molecule has 0 unspecified atom stereocenters. The molecule has 2 rings (SSSR count). The van der Waals surface area contributed by atoms with E-state index in [2.05, 4.69) is 74.7 Å². The molecule has 2 N–H and O–H groups in total. The molecule has 1 saturated carbocycles. The van der Waals surface area contributed by atoms with Gasteiger partial charge in [-0.1, -0.05) is 32.9 Å². The summed E-state index contributed by atoms with van der Waals surface area (Å²) in [6, 6.07) is 10.3. The minimum Gasteiger partial charge on any atom is -0.382 e. The van der Waals surface area contributed by atoms with Crippen molar-refractivity contribution in [3.05, 3.63) is 29.8 Å². The molecular weight excluding hydrogens is 282 g/mol. The van der Waals surface area contributed by atoms with Crippen molar-refractivity contribution in [1.29, 1.82) is 0 Å². The molecule has 0 radical (unpaired) electrons. The second-order valence-corrected chi connectivity index (χ2v) is 8.28. The maximum atomic E-state index is 3.72. The van der Waals surface area contributed by atoms with E-state index < -0.39 is 0 Å². The summed E-state index contributed by atoms with van der Waals surface area (Å²) < 4.78 is 0. The number of benzene rings is 1. The largest absolute Gasteiger partial charge is 0.382 e. The Hall–Kier alpha value is -1.06. The van der Waals surface area contributed by atoms with Crippen molar-refractivity contribution in [2.24, 2.45) is 0 Å². The minimum absolute atomic E-state index is 0.231. The van der Waals surface area contributed by atoms with Gasteiger partial charge in [-0.15, -0.1) is 0 Å². The van der Waals surface area contributed by atoms with Gasteiger partial charge in [0.15, 0.2) is 0 Å². The van der Waals surface area contributed by atoms with E-state index in [1.165, 1.54) is 36.9 Å². The third-order valence-corrected chi connectivity index (χ3v) is 4.84. The van der Waals surface area contributed by atoms with E-state index in [-0.39, 0.29) is 5.41 Å². The van der Waals surface area contributed by atoms with Crippen LogP contribution in [-0.2, 0) is 5.41 Å². The molecule has 23 heavy (non-hydrogen) atoms. The standard InChI is InChI=1S/C20H35N3/c1-20(2,3)16-6-8-18(9-7-16)22-19-12-10-17(11-13-19)21-14-15-23(4)5/h6-9,17,19,21-22H,10-15H2,1-5H3. The van der Waals surface area contributed by atoms with Crippen LogP contribution in [0.3, 0.4) is 0 Å². The van der Waals surface area contributed by atoms with Gasteiger partial charge in [0.2, 0.25) is 0 Å². The number of rotatable bonds is 6. The summed E-state index contributed by atoms with van der Waals surface area (Å²) in [5.74, 6) is 0. The Morgan fingerprint density at radius 1 is 0.957 bits per heavy atom. The third-order valence-electron chi connectivity index (χ3n) is 4.84.